The summed E-state index contributed by atoms with van der Waals surface area (Å²) in [5.41, 5.74) is 8.23. The van der Waals surface area contributed by atoms with E-state index in [0.29, 0.717) is 5.69 Å². The van der Waals surface area contributed by atoms with Crippen molar-refractivity contribution in [2.75, 3.05) is 11.9 Å². The molecule has 2 amide bonds. The molecule has 4 N–H and O–H groups in total. The Kier molecular flexibility index (Phi) is 5.39. The molecule has 0 aliphatic rings. The molecule has 4 nitrogen and oxygen atoms in total. The number of anilines is 1. The van der Waals surface area contributed by atoms with Gasteiger partial charge in [-0.1, -0.05) is 23.8 Å². The summed E-state index contributed by atoms with van der Waals surface area (Å²) in [5, 5.41) is 5.94. The second-order valence-electron chi connectivity index (χ2n) is 4.52. The minimum Gasteiger partial charge on any atom is -0.351 e. The number of nitrogens with two attached hydrogens (primary N) is 1. The van der Waals surface area contributed by atoms with E-state index in [1.54, 1.807) is 0 Å². The van der Waals surface area contributed by atoms with Gasteiger partial charge in [-0.05, 0) is 38.5 Å². The van der Waals surface area contributed by atoms with Crippen molar-refractivity contribution < 1.29 is 4.79 Å². The lowest BCUT2D eigenvalue weighted by atomic mass is 10.1. The molecule has 0 bridgehead atoms. The third-order valence-electron chi connectivity index (χ3n) is 2.61. The first-order valence-corrected chi connectivity index (χ1v) is 6.02. The summed E-state index contributed by atoms with van der Waals surface area (Å²) in [6, 6.07) is 7.37. The zero-order valence-corrected chi connectivity index (χ0v) is 11.2. The quantitative estimate of drug-likeness (QED) is 0.700. The Bertz CT molecular complexity index is 419. The van der Waals surface area contributed by atoms with E-state index in [-0.39, 0.29) is 6.04 Å². The van der Waals surface area contributed by atoms with Crippen LogP contribution in [0.3, 0.4) is 0 Å². The Morgan fingerprint density at radius 3 is 2.44 bits per heavy atom. The molecule has 0 aliphatic carbocycles. The minimum atomic E-state index is -0.544. The molecular formula is C14H21N3O. The first kappa shape index (κ1) is 14.3. The number of primary amides is 1. The Morgan fingerprint density at radius 1 is 1.33 bits per heavy atom. The normalized spacial score (nSPS) is 11.7. The molecule has 0 saturated heterocycles. The molecule has 1 atom stereocenters. The lowest BCUT2D eigenvalue weighted by molar-refractivity contribution is 0.259. The van der Waals surface area contributed by atoms with Crippen LogP contribution in [-0.4, -0.2) is 12.6 Å². The molecular weight excluding hydrogens is 226 g/mol. The van der Waals surface area contributed by atoms with Gasteiger partial charge < -0.3 is 16.4 Å². The van der Waals surface area contributed by atoms with Gasteiger partial charge in [-0.15, -0.1) is 0 Å². The summed E-state index contributed by atoms with van der Waals surface area (Å²) in [5.74, 6) is 0. The summed E-state index contributed by atoms with van der Waals surface area (Å²) in [6.07, 6.45) is 2.15. The van der Waals surface area contributed by atoms with E-state index in [4.69, 9.17) is 5.73 Å². The SMILES string of the molecule is CC(C)=CCNC(C)c1ccc(NC(N)=O)cc1. The summed E-state index contributed by atoms with van der Waals surface area (Å²) in [6.45, 7) is 7.12. The van der Waals surface area contributed by atoms with Gasteiger partial charge in [0, 0.05) is 18.3 Å². The van der Waals surface area contributed by atoms with Gasteiger partial charge in [0.15, 0.2) is 0 Å². The van der Waals surface area contributed by atoms with Crippen LogP contribution in [0.2, 0.25) is 0 Å². The van der Waals surface area contributed by atoms with E-state index >= 15 is 0 Å². The Labute approximate surface area is 108 Å². The molecule has 0 radical (unpaired) electrons. The molecule has 0 aliphatic heterocycles. The molecule has 1 rings (SSSR count). The Morgan fingerprint density at radius 2 is 1.94 bits per heavy atom. The number of rotatable bonds is 5. The van der Waals surface area contributed by atoms with Gasteiger partial charge in [0.05, 0.1) is 0 Å². The fourth-order valence-electron chi connectivity index (χ4n) is 1.56. The molecule has 0 aromatic heterocycles. The van der Waals surface area contributed by atoms with E-state index in [1.165, 1.54) is 11.1 Å². The van der Waals surface area contributed by atoms with Crippen LogP contribution in [0.5, 0.6) is 0 Å². The maximum atomic E-state index is 10.7. The maximum absolute atomic E-state index is 10.7. The van der Waals surface area contributed by atoms with Gasteiger partial charge in [0.25, 0.3) is 0 Å². The van der Waals surface area contributed by atoms with Crippen molar-refractivity contribution in [2.45, 2.75) is 26.8 Å². The van der Waals surface area contributed by atoms with E-state index in [2.05, 4.69) is 37.5 Å². The maximum Gasteiger partial charge on any atom is 0.316 e. The predicted octanol–water partition coefficient (Wildman–Crippen LogP) is 2.79. The minimum absolute atomic E-state index is 0.267. The van der Waals surface area contributed by atoms with Crippen molar-refractivity contribution >= 4 is 11.7 Å². The predicted molar refractivity (Wildman–Crippen MR) is 75.5 cm³/mol. The average molecular weight is 247 g/mol. The van der Waals surface area contributed by atoms with Crippen LogP contribution in [0.4, 0.5) is 10.5 Å². The Hall–Kier alpha value is -1.81. The van der Waals surface area contributed by atoms with Crippen molar-refractivity contribution in [3.05, 3.63) is 41.5 Å². The van der Waals surface area contributed by atoms with E-state index < -0.39 is 6.03 Å². The molecule has 1 aromatic carbocycles. The molecule has 4 heteroatoms. The number of urea groups is 1. The van der Waals surface area contributed by atoms with Crippen molar-refractivity contribution in [2.24, 2.45) is 5.73 Å². The molecule has 0 heterocycles. The lowest BCUT2D eigenvalue weighted by Gasteiger charge is -2.13. The highest BCUT2D eigenvalue weighted by Gasteiger charge is 2.03. The number of hydrogen-bond donors (Lipinski definition) is 3. The molecule has 0 spiro atoms. The van der Waals surface area contributed by atoms with Crippen molar-refractivity contribution in [3.8, 4) is 0 Å². The van der Waals surface area contributed by atoms with Gasteiger partial charge in [-0.3, -0.25) is 0 Å². The topological polar surface area (TPSA) is 67.2 Å². The smallest absolute Gasteiger partial charge is 0.316 e. The van der Waals surface area contributed by atoms with Gasteiger partial charge in [-0.25, -0.2) is 4.79 Å². The largest absolute Gasteiger partial charge is 0.351 e. The molecule has 98 valence electrons. The van der Waals surface area contributed by atoms with Crippen LogP contribution < -0.4 is 16.4 Å². The standard InChI is InChI=1S/C14H21N3O/c1-10(2)8-9-16-11(3)12-4-6-13(7-5-12)17-14(15)18/h4-8,11,16H,9H2,1-3H3,(H3,15,17,18). The third-order valence-corrected chi connectivity index (χ3v) is 2.61. The van der Waals surface area contributed by atoms with E-state index in [0.717, 1.165) is 6.54 Å². The van der Waals surface area contributed by atoms with Crippen LogP contribution in [0.25, 0.3) is 0 Å². The van der Waals surface area contributed by atoms with Crippen molar-refractivity contribution in [3.63, 3.8) is 0 Å². The van der Waals surface area contributed by atoms with Crippen LogP contribution in [0, 0.1) is 0 Å². The second kappa shape index (κ2) is 6.81. The van der Waals surface area contributed by atoms with E-state index in [9.17, 15) is 4.79 Å². The first-order valence-electron chi connectivity index (χ1n) is 6.02. The second-order valence-corrected chi connectivity index (χ2v) is 4.52. The third kappa shape index (κ3) is 5.01. The number of benzene rings is 1. The van der Waals surface area contributed by atoms with Crippen LogP contribution in [0.1, 0.15) is 32.4 Å². The number of hydrogen-bond acceptors (Lipinski definition) is 2. The number of amides is 2. The number of carbonyl (C=O) groups excluding carboxylic acids is 1. The average Bonchev–Trinajstić information content (AvgIpc) is 2.28. The van der Waals surface area contributed by atoms with Crippen LogP contribution in [0.15, 0.2) is 35.9 Å². The van der Waals surface area contributed by atoms with Crippen molar-refractivity contribution in [1.29, 1.82) is 0 Å². The van der Waals surface area contributed by atoms with Gasteiger partial charge in [-0.2, -0.15) is 0 Å². The fraction of sp³-hybridized carbons (Fsp3) is 0.357. The van der Waals surface area contributed by atoms with Crippen molar-refractivity contribution in [1.82, 2.24) is 5.32 Å². The highest BCUT2D eigenvalue weighted by Crippen LogP contribution is 2.15. The number of carbonyl (C=O) groups is 1. The zero-order valence-electron chi connectivity index (χ0n) is 11.2. The molecule has 18 heavy (non-hydrogen) atoms. The van der Waals surface area contributed by atoms with Gasteiger partial charge in [0.1, 0.15) is 0 Å². The molecule has 1 aromatic rings. The fourth-order valence-corrected chi connectivity index (χ4v) is 1.56. The van der Waals surface area contributed by atoms with Gasteiger partial charge >= 0.3 is 6.03 Å². The number of nitrogens with one attached hydrogen (secondary N) is 2. The summed E-state index contributed by atoms with van der Waals surface area (Å²) < 4.78 is 0. The summed E-state index contributed by atoms with van der Waals surface area (Å²) in [4.78, 5) is 10.7. The summed E-state index contributed by atoms with van der Waals surface area (Å²) >= 11 is 0. The van der Waals surface area contributed by atoms with E-state index in [1.807, 2.05) is 24.3 Å². The first-order chi connectivity index (χ1) is 8.49. The summed E-state index contributed by atoms with van der Waals surface area (Å²) in [7, 11) is 0. The zero-order chi connectivity index (χ0) is 13.5. The lowest BCUT2D eigenvalue weighted by Crippen LogP contribution is -2.20. The Balaban J connectivity index is 2.56. The molecule has 0 fully saturated rings. The monoisotopic (exact) mass is 247 g/mol. The molecule has 1 unspecified atom stereocenters. The van der Waals surface area contributed by atoms with Crippen LogP contribution in [-0.2, 0) is 0 Å². The number of allylic oxidation sites excluding steroid dienone is 1. The highest BCUT2D eigenvalue weighted by molar-refractivity contribution is 5.87. The van der Waals surface area contributed by atoms with Gasteiger partial charge in [0.2, 0.25) is 0 Å². The van der Waals surface area contributed by atoms with Crippen LogP contribution >= 0.6 is 0 Å². The molecule has 0 saturated carbocycles. The highest BCUT2D eigenvalue weighted by atomic mass is 16.2.